The van der Waals surface area contributed by atoms with E-state index < -0.39 is 18.4 Å². The number of thiocarbonyl (C=S) groups is 1. The lowest BCUT2D eigenvalue weighted by Crippen LogP contribution is -2.33. The normalized spacial score (nSPS) is 15.8. The Hall–Kier alpha value is -1.77. The zero-order valence-electron chi connectivity index (χ0n) is 13.6. The highest BCUT2D eigenvalue weighted by Gasteiger charge is 2.33. The summed E-state index contributed by atoms with van der Waals surface area (Å²) < 4.78 is 11.3. The third-order valence-corrected chi connectivity index (χ3v) is 4.74. The Bertz CT molecular complexity index is 750. The molecule has 0 radical (unpaired) electrons. The molecule has 134 valence electrons. The van der Waals surface area contributed by atoms with Crippen LogP contribution in [0.4, 0.5) is 0 Å². The molecule has 1 fully saturated rings. The van der Waals surface area contributed by atoms with Gasteiger partial charge in [0.2, 0.25) is 0 Å². The fourth-order valence-corrected chi connectivity index (χ4v) is 3.67. The van der Waals surface area contributed by atoms with Crippen molar-refractivity contribution in [3.63, 3.8) is 0 Å². The first-order valence-corrected chi connectivity index (χ1v) is 9.03. The Morgan fingerprint density at radius 1 is 1.36 bits per heavy atom. The SMILES string of the molecule is CCOc1cc(/C=C2\SC(=S)N(CC(=O)O)C2=O)cc(Cl)c1OCC. The van der Waals surface area contributed by atoms with Gasteiger partial charge in [-0.25, -0.2) is 0 Å². The molecular weight excluding hydrogens is 386 g/mol. The van der Waals surface area contributed by atoms with Gasteiger partial charge in [0.25, 0.3) is 5.91 Å². The molecular formula is C16H16ClNO5S2. The molecule has 1 heterocycles. The topological polar surface area (TPSA) is 76.1 Å². The van der Waals surface area contributed by atoms with E-state index in [1.807, 2.05) is 13.8 Å². The number of hydrogen-bond donors (Lipinski definition) is 1. The lowest BCUT2D eigenvalue weighted by atomic mass is 10.1. The molecule has 6 nitrogen and oxygen atoms in total. The number of carboxylic acids is 1. The van der Waals surface area contributed by atoms with Crippen molar-refractivity contribution in [2.45, 2.75) is 13.8 Å². The molecule has 0 unspecified atom stereocenters. The van der Waals surface area contributed by atoms with Crippen LogP contribution in [0.5, 0.6) is 11.5 Å². The zero-order valence-corrected chi connectivity index (χ0v) is 16.0. The third-order valence-electron chi connectivity index (χ3n) is 3.09. The van der Waals surface area contributed by atoms with Crippen LogP contribution in [0.3, 0.4) is 0 Å². The number of hydrogen-bond acceptors (Lipinski definition) is 6. The molecule has 2 rings (SSSR count). The maximum Gasteiger partial charge on any atom is 0.323 e. The molecule has 0 bridgehead atoms. The molecule has 0 spiro atoms. The van der Waals surface area contributed by atoms with Crippen molar-refractivity contribution < 1.29 is 24.2 Å². The number of carboxylic acid groups (broad SMARTS) is 1. The fourth-order valence-electron chi connectivity index (χ4n) is 2.14. The maximum atomic E-state index is 12.3. The molecule has 0 saturated carbocycles. The summed E-state index contributed by atoms with van der Waals surface area (Å²) in [5.41, 5.74) is 0.632. The number of carbonyl (C=O) groups is 2. The molecule has 9 heteroatoms. The number of benzene rings is 1. The minimum absolute atomic E-state index is 0.209. The average molecular weight is 402 g/mol. The first kappa shape index (κ1) is 19.6. The molecule has 25 heavy (non-hydrogen) atoms. The van der Waals surface area contributed by atoms with Crippen LogP contribution in [0.15, 0.2) is 17.0 Å². The van der Waals surface area contributed by atoms with E-state index in [0.29, 0.717) is 40.2 Å². The quantitative estimate of drug-likeness (QED) is 0.554. The highest BCUT2D eigenvalue weighted by molar-refractivity contribution is 8.26. The molecule has 0 aliphatic carbocycles. The maximum absolute atomic E-state index is 12.3. The summed E-state index contributed by atoms with van der Waals surface area (Å²) in [6.45, 7) is 4.09. The monoisotopic (exact) mass is 401 g/mol. The van der Waals surface area contributed by atoms with Crippen LogP contribution in [0, 0.1) is 0 Å². The summed E-state index contributed by atoms with van der Waals surface area (Å²) in [6.07, 6.45) is 1.60. The number of nitrogens with zero attached hydrogens (tertiary/aromatic N) is 1. The predicted molar refractivity (Wildman–Crippen MR) is 101 cm³/mol. The van der Waals surface area contributed by atoms with Crippen LogP contribution in [0.1, 0.15) is 19.4 Å². The van der Waals surface area contributed by atoms with Crippen molar-refractivity contribution in [2.75, 3.05) is 19.8 Å². The number of rotatable bonds is 7. The first-order valence-electron chi connectivity index (χ1n) is 7.43. The number of thioether (sulfide) groups is 1. The van der Waals surface area contributed by atoms with Gasteiger partial charge in [-0.05, 0) is 37.6 Å². The Kier molecular flexibility index (Phi) is 6.69. The van der Waals surface area contributed by atoms with Gasteiger partial charge in [0, 0.05) is 0 Å². The van der Waals surface area contributed by atoms with E-state index >= 15 is 0 Å². The summed E-state index contributed by atoms with van der Waals surface area (Å²) in [6, 6.07) is 3.36. The molecule has 0 aromatic heterocycles. The van der Waals surface area contributed by atoms with Crippen LogP contribution in [0.25, 0.3) is 6.08 Å². The fraction of sp³-hybridized carbons (Fsp3) is 0.312. The van der Waals surface area contributed by atoms with Crippen molar-refractivity contribution in [2.24, 2.45) is 0 Å². The summed E-state index contributed by atoms with van der Waals surface area (Å²) in [5, 5.41) is 9.23. The highest BCUT2D eigenvalue weighted by atomic mass is 35.5. The van der Waals surface area contributed by atoms with Crippen LogP contribution in [-0.4, -0.2) is 46.0 Å². The number of halogens is 1. The summed E-state index contributed by atoms with van der Waals surface area (Å²) in [7, 11) is 0. The largest absolute Gasteiger partial charge is 0.490 e. The van der Waals surface area contributed by atoms with Crippen LogP contribution >= 0.6 is 35.6 Å². The average Bonchev–Trinajstić information content (AvgIpc) is 2.78. The predicted octanol–water partition coefficient (Wildman–Crippen LogP) is 3.42. The van der Waals surface area contributed by atoms with E-state index in [1.165, 1.54) is 0 Å². The second-order valence-electron chi connectivity index (χ2n) is 4.86. The Balaban J connectivity index is 2.36. The second kappa shape index (κ2) is 8.55. The summed E-state index contributed by atoms with van der Waals surface area (Å²) >= 11 is 12.4. The van der Waals surface area contributed by atoms with Gasteiger partial charge in [-0.1, -0.05) is 35.6 Å². The van der Waals surface area contributed by atoms with E-state index in [1.54, 1.807) is 18.2 Å². The first-order chi connectivity index (χ1) is 11.9. The van der Waals surface area contributed by atoms with Gasteiger partial charge in [0.05, 0.1) is 23.1 Å². The van der Waals surface area contributed by atoms with Crippen LogP contribution < -0.4 is 9.47 Å². The highest BCUT2D eigenvalue weighted by Crippen LogP contribution is 2.39. The Morgan fingerprint density at radius 3 is 2.64 bits per heavy atom. The van der Waals surface area contributed by atoms with Gasteiger partial charge < -0.3 is 14.6 Å². The molecule has 1 aromatic rings. The van der Waals surface area contributed by atoms with Crippen LogP contribution in [0.2, 0.25) is 5.02 Å². The summed E-state index contributed by atoms with van der Waals surface area (Å²) in [5.74, 6) is -0.647. The molecule has 1 saturated heterocycles. The second-order valence-corrected chi connectivity index (χ2v) is 6.94. The lowest BCUT2D eigenvalue weighted by molar-refractivity contribution is -0.140. The van der Waals surface area contributed by atoms with E-state index in [9.17, 15) is 9.59 Å². The molecule has 0 atom stereocenters. The summed E-state index contributed by atoms with van der Waals surface area (Å²) in [4.78, 5) is 24.5. The third kappa shape index (κ3) is 4.65. The van der Waals surface area contributed by atoms with Gasteiger partial charge >= 0.3 is 5.97 Å². The molecule has 1 aromatic carbocycles. The zero-order chi connectivity index (χ0) is 18.6. The van der Waals surface area contributed by atoms with E-state index in [4.69, 9.17) is 38.4 Å². The smallest absolute Gasteiger partial charge is 0.323 e. The van der Waals surface area contributed by atoms with Crippen molar-refractivity contribution in [3.05, 3.63) is 27.6 Å². The van der Waals surface area contributed by atoms with Crippen LogP contribution in [-0.2, 0) is 9.59 Å². The van der Waals surface area contributed by atoms with Crippen molar-refractivity contribution in [1.29, 1.82) is 0 Å². The van der Waals surface area contributed by atoms with E-state index in [2.05, 4.69) is 0 Å². The van der Waals surface area contributed by atoms with Crippen molar-refractivity contribution in [1.82, 2.24) is 4.90 Å². The van der Waals surface area contributed by atoms with Gasteiger partial charge in [-0.15, -0.1) is 0 Å². The Morgan fingerprint density at radius 2 is 2.04 bits per heavy atom. The molecule has 1 aliphatic rings. The van der Waals surface area contributed by atoms with E-state index in [-0.39, 0.29) is 4.32 Å². The molecule has 1 aliphatic heterocycles. The Labute approximate surface area is 159 Å². The van der Waals surface area contributed by atoms with E-state index in [0.717, 1.165) is 16.7 Å². The van der Waals surface area contributed by atoms with Crippen molar-refractivity contribution >= 4 is 57.9 Å². The van der Waals surface area contributed by atoms with Gasteiger partial charge in [0.15, 0.2) is 11.5 Å². The minimum Gasteiger partial charge on any atom is -0.490 e. The number of carbonyl (C=O) groups excluding carboxylic acids is 1. The van der Waals surface area contributed by atoms with Gasteiger partial charge in [0.1, 0.15) is 10.9 Å². The van der Waals surface area contributed by atoms with Gasteiger partial charge in [-0.3, -0.25) is 14.5 Å². The number of amides is 1. The molecule has 1 N–H and O–H groups in total. The lowest BCUT2D eigenvalue weighted by Gasteiger charge is -2.13. The number of ether oxygens (including phenoxy) is 2. The minimum atomic E-state index is -1.12. The van der Waals surface area contributed by atoms with Gasteiger partial charge in [-0.2, -0.15) is 0 Å². The number of aliphatic carboxylic acids is 1. The standard InChI is InChI=1S/C16H16ClNO5S2/c1-3-22-11-6-9(5-10(17)14(11)23-4-2)7-12-15(21)18(8-13(19)20)16(24)25-12/h5-7H,3-4,8H2,1-2H3,(H,19,20)/b12-7-. The molecule has 1 amide bonds. The van der Waals surface area contributed by atoms with Crippen molar-refractivity contribution in [3.8, 4) is 11.5 Å².